The Balaban J connectivity index is 3.04. The summed E-state index contributed by atoms with van der Waals surface area (Å²) in [5, 5.41) is 0.229. The Morgan fingerprint density at radius 1 is 1.40 bits per heavy atom. The van der Waals surface area contributed by atoms with Crippen LogP contribution in [-0.4, -0.2) is 12.5 Å². The largest absolute Gasteiger partial charge is 0.396 e. The molecule has 1 aromatic rings. The maximum absolute atomic E-state index is 12.5. The van der Waals surface area contributed by atoms with Crippen molar-refractivity contribution in [3.05, 3.63) is 34.9 Å². The number of aldehydes is 1. The van der Waals surface area contributed by atoms with Gasteiger partial charge >= 0.3 is 6.18 Å². The van der Waals surface area contributed by atoms with E-state index in [-0.39, 0.29) is 16.9 Å². The van der Waals surface area contributed by atoms with Gasteiger partial charge in [-0.25, -0.2) is 0 Å². The molecule has 0 aromatic heterocycles. The lowest BCUT2D eigenvalue weighted by atomic mass is 9.96. The van der Waals surface area contributed by atoms with Gasteiger partial charge in [0.25, 0.3) is 0 Å². The van der Waals surface area contributed by atoms with Crippen molar-refractivity contribution < 1.29 is 18.0 Å². The maximum Gasteiger partial charge on any atom is 0.396 e. The van der Waals surface area contributed by atoms with Gasteiger partial charge in [0.15, 0.2) is 0 Å². The molecule has 0 saturated carbocycles. The van der Waals surface area contributed by atoms with Gasteiger partial charge in [-0.05, 0) is 17.7 Å². The second kappa shape index (κ2) is 4.66. The third-order valence-electron chi connectivity index (χ3n) is 1.98. The number of hydrogen-bond acceptors (Lipinski definition) is 1. The van der Waals surface area contributed by atoms with Crippen LogP contribution in [0.5, 0.6) is 0 Å². The zero-order valence-corrected chi connectivity index (χ0v) is 8.35. The lowest BCUT2D eigenvalue weighted by Gasteiger charge is -2.18. The summed E-state index contributed by atoms with van der Waals surface area (Å²) in [6.07, 6.45) is -4.74. The normalized spacial score (nSPS) is 13.6. The topological polar surface area (TPSA) is 17.1 Å². The lowest BCUT2D eigenvalue weighted by Crippen LogP contribution is -2.21. The molecule has 0 radical (unpaired) electrons. The van der Waals surface area contributed by atoms with E-state index in [2.05, 4.69) is 0 Å². The van der Waals surface area contributed by atoms with Gasteiger partial charge in [0.05, 0.1) is 5.92 Å². The van der Waals surface area contributed by atoms with E-state index in [1.165, 1.54) is 24.3 Å². The number of halogens is 4. The summed E-state index contributed by atoms with van der Waals surface area (Å²) in [5.41, 5.74) is 0.0158. The SMILES string of the molecule is O=CCC(c1cccc(Cl)c1)C(F)(F)F. The minimum atomic E-state index is -4.43. The van der Waals surface area contributed by atoms with E-state index in [4.69, 9.17) is 11.6 Å². The average molecular weight is 237 g/mol. The first-order valence-corrected chi connectivity index (χ1v) is 4.58. The van der Waals surface area contributed by atoms with Gasteiger partial charge in [-0.1, -0.05) is 23.7 Å². The Morgan fingerprint density at radius 2 is 2.07 bits per heavy atom. The van der Waals surface area contributed by atoms with Crippen molar-refractivity contribution in [3.8, 4) is 0 Å². The third-order valence-corrected chi connectivity index (χ3v) is 2.21. The number of hydrogen-bond donors (Lipinski definition) is 0. The van der Waals surface area contributed by atoms with Crippen LogP contribution in [0.3, 0.4) is 0 Å². The molecular weight excluding hydrogens is 229 g/mol. The van der Waals surface area contributed by atoms with Crippen LogP contribution >= 0.6 is 11.6 Å². The second-order valence-electron chi connectivity index (χ2n) is 3.05. The van der Waals surface area contributed by atoms with Crippen LogP contribution in [0, 0.1) is 0 Å². The fourth-order valence-corrected chi connectivity index (χ4v) is 1.48. The Morgan fingerprint density at radius 3 is 2.53 bits per heavy atom. The predicted octanol–water partition coefficient (Wildman–Crippen LogP) is 3.57. The number of benzene rings is 1. The van der Waals surface area contributed by atoms with Gasteiger partial charge in [0, 0.05) is 11.4 Å². The molecule has 0 saturated heterocycles. The van der Waals surface area contributed by atoms with Gasteiger partial charge < -0.3 is 4.79 Å². The molecule has 1 aromatic carbocycles. The van der Waals surface area contributed by atoms with Crippen LogP contribution < -0.4 is 0 Å². The van der Waals surface area contributed by atoms with E-state index in [1.54, 1.807) is 0 Å². The highest BCUT2D eigenvalue weighted by atomic mass is 35.5. The van der Waals surface area contributed by atoms with E-state index >= 15 is 0 Å². The van der Waals surface area contributed by atoms with Crippen LogP contribution in [0.1, 0.15) is 17.9 Å². The van der Waals surface area contributed by atoms with Crippen LogP contribution in [0.15, 0.2) is 24.3 Å². The number of rotatable bonds is 3. The van der Waals surface area contributed by atoms with Crippen LogP contribution in [0.2, 0.25) is 5.02 Å². The zero-order chi connectivity index (χ0) is 11.5. The van der Waals surface area contributed by atoms with Crippen molar-refractivity contribution in [1.29, 1.82) is 0 Å². The smallest absolute Gasteiger partial charge is 0.303 e. The molecule has 0 N–H and O–H groups in total. The van der Waals surface area contributed by atoms with E-state index in [9.17, 15) is 18.0 Å². The molecule has 0 heterocycles. The van der Waals surface area contributed by atoms with Crippen molar-refractivity contribution in [2.24, 2.45) is 0 Å². The lowest BCUT2D eigenvalue weighted by molar-refractivity contribution is -0.154. The average Bonchev–Trinajstić information content (AvgIpc) is 2.12. The molecule has 15 heavy (non-hydrogen) atoms. The second-order valence-corrected chi connectivity index (χ2v) is 3.49. The minimum absolute atomic E-state index is 0.0158. The summed E-state index contributed by atoms with van der Waals surface area (Å²) < 4.78 is 37.6. The fourth-order valence-electron chi connectivity index (χ4n) is 1.28. The van der Waals surface area contributed by atoms with Crippen molar-refractivity contribution in [2.75, 3.05) is 0 Å². The maximum atomic E-state index is 12.5. The summed E-state index contributed by atoms with van der Waals surface area (Å²) in [4.78, 5) is 10.2. The first kappa shape index (κ1) is 12.0. The van der Waals surface area contributed by atoms with Gasteiger partial charge in [-0.15, -0.1) is 0 Å². The molecule has 82 valence electrons. The summed E-state index contributed by atoms with van der Waals surface area (Å²) in [5.74, 6) is -1.77. The Labute approximate surface area is 89.9 Å². The first-order chi connectivity index (χ1) is 6.95. The molecule has 1 rings (SSSR count). The van der Waals surface area contributed by atoms with Gasteiger partial charge in [0.2, 0.25) is 0 Å². The van der Waals surface area contributed by atoms with Crippen molar-refractivity contribution >= 4 is 17.9 Å². The highest BCUT2D eigenvalue weighted by molar-refractivity contribution is 6.30. The molecule has 0 bridgehead atoms. The predicted molar refractivity (Wildman–Crippen MR) is 50.9 cm³/mol. The summed E-state index contributed by atoms with van der Waals surface area (Å²) in [6.45, 7) is 0. The monoisotopic (exact) mass is 236 g/mol. The van der Waals surface area contributed by atoms with Gasteiger partial charge in [-0.2, -0.15) is 13.2 Å². The molecule has 0 aliphatic heterocycles. The van der Waals surface area contributed by atoms with E-state index < -0.39 is 18.5 Å². The highest BCUT2D eigenvalue weighted by Gasteiger charge is 2.40. The Hall–Kier alpha value is -1.03. The van der Waals surface area contributed by atoms with E-state index in [1.807, 2.05) is 0 Å². The first-order valence-electron chi connectivity index (χ1n) is 4.21. The van der Waals surface area contributed by atoms with Crippen LogP contribution in [-0.2, 0) is 4.79 Å². The summed E-state index contributed by atoms with van der Waals surface area (Å²) in [6, 6.07) is 5.46. The Bertz CT molecular complexity index is 349. The molecule has 0 fully saturated rings. The molecule has 1 atom stereocenters. The standard InChI is InChI=1S/C10H8ClF3O/c11-8-3-1-2-7(6-8)9(4-5-15)10(12,13)14/h1-3,5-6,9H,4H2. The van der Waals surface area contributed by atoms with Gasteiger partial charge in [0.1, 0.15) is 6.29 Å². The van der Waals surface area contributed by atoms with Crippen LogP contribution in [0.4, 0.5) is 13.2 Å². The van der Waals surface area contributed by atoms with Crippen molar-refractivity contribution in [2.45, 2.75) is 18.5 Å². The van der Waals surface area contributed by atoms with E-state index in [0.717, 1.165) is 0 Å². The highest BCUT2D eigenvalue weighted by Crippen LogP contribution is 2.37. The van der Waals surface area contributed by atoms with E-state index in [0.29, 0.717) is 0 Å². The van der Waals surface area contributed by atoms with Gasteiger partial charge in [-0.3, -0.25) is 0 Å². The molecule has 0 amide bonds. The molecule has 1 nitrogen and oxygen atoms in total. The molecular formula is C10H8ClF3O. The molecule has 0 aliphatic carbocycles. The quantitative estimate of drug-likeness (QED) is 0.733. The number of alkyl halides is 3. The molecule has 1 unspecified atom stereocenters. The molecule has 0 spiro atoms. The summed E-state index contributed by atoms with van der Waals surface area (Å²) >= 11 is 5.58. The van der Waals surface area contributed by atoms with Crippen molar-refractivity contribution in [3.63, 3.8) is 0 Å². The number of carbonyl (C=O) groups excluding carboxylic acids is 1. The Kier molecular flexibility index (Phi) is 3.74. The van der Waals surface area contributed by atoms with Crippen molar-refractivity contribution in [1.82, 2.24) is 0 Å². The van der Waals surface area contributed by atoms with Crippen LogP contribution in [0.25, 0.3) is 0 Å². The molecule has 0 aliphatic rings. The minimum Gasteiger partial charge on any atom is -0.303 e. The molecule has 5 heteroatoms. The summed E-state index contributed by atoms with van der Waals surface area (Å²) in [7, 11) is 0. The number of carbonyl (C=O) groups is 1. The fraction of sp³-hybridized carbons (Fsp3) is 0.300. The third kappa shape index (κ3) is 3.23. The zero-order valence-electron chi connectivity index (χ0n) is 7.59.